The molecule has 1 saturated heterocycles. The molecule has 4 nitrogen and oxygen atoms in total. The summed E-state index contributed by atoms with van der Waals surface area (Å²) in [6.07, 6.45) is 0. The summed E-state index contributed by atoms with van der Waals surface area (Å²) in [5.74, 6) is 0.761. The van der Waals surface area contributed by atoms with E-state index in [0.717, 1.165) is 57.2 Å². The lowest BCUT2D eigenvalue weighted by Crippen LogP contribution is -2.40. The topological polar surface area (TPSA) is 58.4 Å². The quantitative estimate of drug-likeness (QED) is 0.140. The largest absolute Gasteiger partial charge is 0.307 e. The number of hydrogen-bond donors (Lipinski definition) is 3. The van der Waals surface area contributed by atoms with Gasteiger partial charge in [0.1, 0.15) is 0 Å². The van der Waals surface area contributed by atoms with Crippen molar-refractivity contribution in [2.45, 2.75) is 30.7 Å². The molecule has 2 aliphatic carbocycles. The van der Waals surface area contributed by atoms with Crippen molar-refractivity contribution in [3.63, 3.8) is 0 Å². The van der Waals surface area contributed by atoms with Crippen molar-refractivity contribution in [3.8, 4) is 44.5 Å². The molecule has 0 saturated carbocycles. The van der Waals surface area contributed by atoms with Gasteiger partial charge in [-0.2, -0.15) is 0 Å². The molecule has 1 fully saturated rings. The van der Waals surface area contributed by atoms with Gasteiger partial charge >= 0.3 is 0 Å². The lowest BCUT2D eigenvalue weighted by Gasteiger charge is -2.46. The lowest BCUT2D eigenvalue weighted by molar-refractivity contribution is 0.563. The Kier molecular flexibility index (Phi) is 9.33. The second-order valence-electron chi connectivity index (χ2n) is 20.1. The van der Waals surface area contributed by atoms with Crippen molar-refractivity contribution in [1.82, 2.24) is 16.2 Å². The Morgan fingerprint density at radius 1 is 0.394 bits per heavy atom. The van der Waals surface area contributed by atoms with Gasteiger partial charge in [0, 0.05) is 34.7 Å². The number of hydrazine groups is 1. The fourth-order valence-electron chi connectivity index (χ4n) is 12.2. The SMILES string of the molecule is CC1(C)c2ccccc2C2(c3ccccc3-c3c(-c4cccc(C5=C(c6cccc(-c7ccc8ccccc8c7)c6)N=C(c6cccc(-c7cccc(C8CN8)c7)c6)NN5)c4)cccc32)c2ccccc21. The molecule has 2 heterocycles. The number of rotatable bonds is 7. The van der Waals surface area contributed by atoms with Crippen LogP contribution in [-0.2, 0) is 10.8 Å². The molecule has 1 atom stereocenters. The van der Waals surface area contributed by atoms with E-state index in [1.165, 1.54) is 77.5 Å². The van der Waals surface area contributed by atoms with E-state index in [9.17, 15) is 0 Å². The van der Waals surface area contributed by atoms with Crippen LogP contribution in [0.3, 0.4) is 0 Å². The highest BCUT2D eigenvalue weighted by Crippen LogP contribution is 2.63. The Morgan fingerprint density at radius 2 is 0.915 bits per heavy atom. The molecular weight excluding hydrogens is 861 g/mol. The standard InChI is InChI=1S/C67H50N4/c1-66(2)56-29-7-9-31-58(56)67(59-32-10-8-30-57(59)66)55-28-6-5-26-54(55)62-53(27-15-33-60(62)67)48-21-14-24-51(40-48)64-63(50-23-12-19-45(38-50)47-35-34-42-16-3-4-17-43(42)36-47)69-65(71-70-64)52-25-13-20-46(39-52)44-18-11-22-49(37-44)61-41-68-61/h3-40,61,68,70H,41H2,1-2H3,(H,69,71). The zero-order valence-corrected chi connectivity index (χ0v) is 39.7. The number of aliphatic imine (C=N–C) groups is 1. The molecule has 1 spiro atoms. The molecule has 4 heteroatoms. The van der Waals surface area contributed by atoms with Crippen molar-refractivity contribution in [2.24, 2.45) is 4.99 Å². The number of fused-ring (bicyclic) bond motifs is 10. The number of nitrogens with one attached hydrogen (secondary N) is 3. The Morgan fingerprint density at radius 3 is 1.66 bits per heavy atom. The third kappa shape index (κ3) is 6.52. The van der Waals surface area contributed by atoms with Gasteiger partial charge in [-0.05, 0) is 125 Å². The summed E-state index contributed by atoms with van der Waals surface area (Å²) in [5, 5.41) is 5.91. The Hall–Kier alpha value is -8.57. The summed E-state index contributed by atoms with van der Waals surface area (Å²) in [5.41, 5.74) is 30.6. The molecule has 3 N–H and O–H groups in total. The summed E-state index contributed by atoms with van der Waals surface area (Å²) >= 11 is 0. The minimum absolute atomic E-state index is 0.159. The smallest absolute Gasteiger partial charge is 0.152 e. The summed E-state index contributed by atoms with van der Waals surface area (Å²) < 4.78 is 0. The van der Waals surface area contributed by atoms with Crippen LogP contribution in [-0.4, -0.2) is 12.4 Å². The average molecular weight is 911 g/mol. The highest BCUT2D eigenvalue weighted by Gasteiger charge is 2.53. The normalized spacial score (nSPS) is 16.5. The third-order valence-electron chi connectivity index (χ3n) is 15.7. The van der Waals surface area contributed by atoms with Crippen molar-refractivity contribution in [1.29, 1.82) is 0 Å². The molecule has 14 rings (SSSR count). The van der Waals surface area contributed by atoms with Crippen molar-refractivity contribution in [2.75, 3.05) is 6.54 Å². The number of benzene rings is 10. The predicted molar refractivity (Wildman–Crippen MR) is 293 cm³/mol. The van der Waals surface area contributed by atoms with Crippen molar-refractivity contribution in [3.05, 3.63) is 286 Å². The van der Waals surface area contributed by atoms with Crippen LogP contribution in [0.15, 0.2) is 236 Å². The average Bonchev–Trinajstić information content (AvgIpc) is 4.27. The van der Waals surface area contributed by atoms with Crippen LogP contribution in [0.5, 0.6) is 0 Å². The monoisotopic (exact) mass is 910 g/mol. The van der Waals surface area contributed by atoms with Crippen LogP contribution in [0.1, 0.15) is 75.5 Å². The number of nitrogens with zero attached hydrogens (tertiary/aromatic N) is 1. The van der Waals surface area contributed by atoms with Gasteiger partial charge in [-0.1, -0.05) is 214 Å². The third-order valence-corrected chi connectivity index (χ3v) is 15.7. The molecule has 338 valence electrons. The van der Waals surface area contributed by atoms with E-state index in [0.29, 0.717) is 6.04 Å². The minimum atomic E-state index is -0.470. The van der Waals surface area contributed by atoms with Crippen molar-refractivity contribution < 1.29 is 0 Å². The predicted octanol–water partition coefficient (Wildman–Crippen LogP) is 14.9. The van der Waals surface area contributed by atoms with Gasteiger partial charge in [-0.15, -0.1) is 0 Å². The Labute approximate surface area is 415 Å². The maximum atomic E-state index is 5.57. The Balaban J connectivity index is 0.935. The summed E-state index contributed by atoms with van der Waals surface area (Å²) in [4.78, 5) is 5.57. The maximum Gasteiger partial charge on any atom is 0.152 e. The molecule has 0 amide bonds. The van der Waals surface area contributed by atoms with Gasteiger partial charge < -0.3 is 5.32 Å². The second kappa shape index (κ2) is 16.0. The summed E-state index contributed by atoms with van der Waals surface area (Å²) in [6, 6.07) is 85.6. The van der Waals surface area contributed by atoms with Crippen LogP contribution in [0.25, 0.3) is 66.7 Å². The molecule has 0 aromatic heterocycles. The highest BCUT2D eigenvalue weighted by molar-refractivity contribution is 6.08. The molecule has 10 aromatic rings. The van der Waals surface area contributed by atoms with E-state index in [2.05, 4.69) is 261 Å². The van der Waals surface area contributed by atoms with Crippen LogP contribution >= 0.6 is 0 Å². The van der Waals surface area contributed by atoms with Gasteiger partial charge in [0.05, 0.1) is 16.8 Å². The van der Waals surface area contributed by atoms with E-state index in [-0.39, 0.29) is 5.41 Å². The molecule has 10 aromatic carbocycles. The van der Waals surface area contributed by atoms with E-state index in [1.807, 2.05) is 0 Å². The van der Waals surface area contributed by atoms with Gasteiger partial charge in [-0.25, -0.2) is 4.99 Å². The van der Waals surface area contributed by atoms with Gasteiger partial charge in [-0.3, -0.25) is 10.9 Å². The van der Waals surface area contributed by atoms with Crippen molar-refractivity contribution >= 4 is 28.0 Å². The number of hydrogen-bond acceptors (Lipinski definition) is 4. The fraction of sp³-hybridized carbons (Fsp3) is 0.0896. The van der Waals surface area contributed by atoms with Gasteiger partial charge in [0.2, 0.25) is 0 Å². The molecule has 71 heavy (non-hydrogen) atoms. The second-order valence-corrected chi connectivity index (χ2v) is 20.1. The van der Waals surface area contributed by atoms with Crippen LogP contribution in [0, 0.1) is 0 Å². The first-order chi connectivity index (χ1) is 34.9. The molecular formula is C67H50N4. The first-order valence-electron chi connectivity index (χ1n) is 24.9. The van der Waals surface area contributed by atoms with Crippen LogP contribution in [0.4, 0.5) is 0 Å². The first-order valence-corrected chi connectivity index (χ1v) is 24.9. The van der Waals surface area contributed by atoms with Gasteiger partial charge in [0.25, 0.3) is 0 Å². The molecule has 2 aliphatic heterocycles. The Bertz CT molecular complexity index is 3840. The molecule has 0 radical (unpaired) electrons. The lowest BCUT2D eigenvalue weighted by atomic mass is 9.55. The van der Waals surface area contributed by atoms with Crippen LogP contribution in [0.2, 0.25) is 0 Å². The van der Waals surface area contributed by atoms with E-state index < -0.39 is 5.41 Å². The zero-order valence-electron chi connectivity index (χ0n) is 39.7. The summed E-state index contributed by atoms with van der Waals surface area (Å²) in [7, 11) is 0. The maximum absolute atomic E-state index is 5.57. The minimum Gasteiger partial charge on any atom is -0.307 e. The fourth-order valence-corrected chi connectivity index (χ4v) is 12.2. The molecule has 1 unspecified atom stereocenters. The van der Waals surface area contributed by atoms with E-state index in [1.54, 1.807) is 0 Å². The first kappa shape index (κ1) is 41.4. The summed E-state index contributed by atoms with van der Waals surface area (Å²) in [6.45, 7) is 5.80. The molecule has 4 aliphatic rings. The van der Waals surface area contributed by atoms with E-state index in [4.69, 9.17) is 4.99 Å². The highest BCUT2D eigenvalue weighted by atomic mass is 15.4. The van der Waals surface area contributed by atoms with Gasteiger partial charge in [0.15, 0.2) is 5.84 Å². The number of amidine groups is 1. The molecule has 0 bridgehead atoms. The zero-order chi connectivity index (χ0) is 47.3. The van der Waals surface area contributed by atoms with Crippen LogP contribution < -0.4 is 16.2 Å². The van der Waals surface area contributed by atoms with E-state index >= 15 is 0 Å².